The fourth-order valence-electron chi connectivity index (χ4n) is 5.08. The van der Waals surface area contributed by atoms with E-state index in [0.717, 1.165) is 28.7 Å². The predicted octanol–water partition coefficient (Wildman–Crippen LogP) is 5.29. The van der Waals surface area contributed by atoms with Gasteiger partial charge >= 0.3 is 23.9 Å². The summed E-state index contributed by atoms with van der Waals surface area (Å²) in [5.74, 6) is -1.81. The number of hydrogen-bond donors (Lipinski definition) is 0. The van der Waals surface area contributed by atoms with E-state index < -0.39 is 11.9 Å². The van der Waals surface area contributed by atoms with Gasteiger partial charge in [-0.1, -0.05) is 50.1 Å². The summed E-state index contributed by atoms with van der Waals surface area (Å²) < 4.78 is 9.51. The van der Waals surface area contributed by atoms with E-state index in [-0.39, 0.29) is 35.6 Å². The monoisotopic (exact) mass is 466 g/mol. The minimum atomic E-state index is -0.504. The molecule has 1 fully saturated rings. The molecule has 0 N–H and O–H groups in total. The highest BCUT2D eigenvalue weighted by atomic mass is 16.6. The van der Waals surface area contributed by atoms with Crippen molar-refractivity contribution in [2.24, 2.45) is 29.6 Å². The lowest BCUT2D eigenvalue weighted by Crippen LogP contribution is -2.33. The van der Waals surface area contributed by atoms with E-state index in [1.807, 2.05) is 53.7 Å². The zero-order chi connectivity index (χ0) is 25.5. The number of fused-ring (bicyclic) bond motifs is 2. The molecule has 4 unspecified atom stereocenters. The Morgan fingerprint density at radius 2 is 1.53 bits per heavy atom. The van der Waals surface area contributed by atoms with Crippen LogP contribution in [0.5, 0.6) is 0 Å². The Morgan fingerprint density at radius 3 is 2.12 bits per heavy atom. The minimum Gasteiger partial charge on any atom is -0.393 e. The van der Waals surface area contributed by atoms with Gasteiger partial charge in [-0.25, -0.2) is 9.59 Å². The Balaban J connectivity index is 0.000000191. The van der Waals surface area contributed by atoms with Crippen molar-refractivity contribution in [2.75, 3.05) is 0 Å². The van der Waals surface area contributed by atoms with Crippen LogP contribution in [0.25, 0.3) is 0 Å². The first-order chi connectivity index (χ1) is 15.8. The number of esters is 4. The highest BCUT2D eigenvalue weighted by molar-refractivity contribution is 6.16. The van der Waals surface area contributed by atoms with Gasteiger partial charge in [-0.05, 0) is 69.6 Å². The van der Waals surface area contributed by atoms with Gasteiger partial charge < -0.3 is 9.47 Å². The van der Waals surface area contributed by atoms with Crippen LogP contribution in [0.1, 0.15) is 78.9 Å². The van der Waals surface area contributed by atoms with Crippen molar-refractivity contribution in [3.05, 3.63) is 57.2 Å². The Hall–Kier alpha value is -3.02. The van der Waals surface area contributed by atoms with Crippen LogP contribution in [0.2, 0.25) is 0 Å². The Bertz CT molecular complexity index is 1120. The Morgan fingerprint density at radius 1 is 0.941 bits per heavy atom. The van der Waals surface area contributed by atoms with Crippen LogP contribution in [-0.4, -0.2) is 23.9 Å². The molecule has 34 heavy (non-hydrogen) atoms. The van der Waals surface area contributed by atoms with Crippen molar-refractivity contribution in [3.8, 4) is 0 Å². The van der Waals surface area contributed by atoms with Gasteiger partial charge in [0.1, 0.15) is 0 Å². The molecule has 1 aromatic rings. The smallest absolute Gasteiger partial charge is 0.347 e. The van der Waals surface area contributed by atoms with E-state index in [1.54, 1.807) is 0 Å². The first kappa shape index (κ1) is 25.6. The predicted molar refractivity (Wildman–Crippen MR) is 128 cm³/mol. The van der Waals surface area contributed by atoms with E-state index in [1.165, 1.54) is 5.57 Å². The van der Waals surface area contributed by atoms with Crippen LogP contribution in [0.3, 0.4) is 0 Å². The fraction of sp³-hybridized carbons (Fsp3) is 0.500. The molecule has 182 valence electrons. The second-order valence-corrected chi connectivity index (χ2v) is 10.3. The summed E-state index contributed by atoms with van der Waals surface area (Å²) >= 11 is 0. The lowest BCUT2D eigenvalue weighted by molar-refractivity contribution is -0.154. The molecule has 0 amide bonds. The highest BCUT2D eigenvalue weighted by Gasteiger charge is 2.52. The van der Waals surface area contributed by atoms with Crippen LogP contribution in [0.15, 0.2) is 29.4 Å². The Kier molecular flexibility index (Phi) is 7.29. The average molecular weight is 467 g/mol. The van der Waals surface area contributed by atoms with Crippen LogP contribution < -0.4 is 0 Å². The number of rotatable bonds is 3. The largest absolute Gasteiger partial charge is 0.393 e. The van der Waals surface area contributed by atoms with Gasteiger partial charge in [0.05, 0.1) is 23.0 Å². The minimum absolute atomic E-state index is 0.000139. The molecule has 0 bridgehead atoms. The third-order valence-corrected chi connectivity index (χ3v) is 6.94. The lowest BCUT2D eigenvalue weighted by Gasteiger charge is -2.30. The quantitative estimate of drug-likeness (QED) is 0.342. The molecule has 4 rings (SSSR count). The van der Waals surface area contributed by atoms with Crippen molar-refractivity contribution < 1.29 is 28.7 Å². The summed E-state index contributed by atoms with van der Waals surface area (Å²) in [4.78, 5) is 46.8. The maximum atomic E-state index is 11.8. The van der Waals surface area contributed by atoms with Gasteiger partial charge in [-0.15, -0.1) is 0 Å². The summed E-state index contributed by atoms with van der Waals surface area (Å²) in [6.07, 6.45) is 4.93. The number of aryl methyl sites for hydroxylation is 1. The van der Waals surface area contributed by atoms with Crippen LogP contribution in [-0.2, 0) is 25.5 Å². The molecule has 1 aromatic carbocycles. The van der Waals surface area contributed by atoms with Crippen molar-refractivity contribution in [1.82, 2.24) is 0 Å². The first-order valence-electron chi connectivity index (χ1n) is 11.8. The van der Waals surface area contributed by atoms with E-state index in [0.29, 0.717) is 17.0 Å². The molecule has 4 atom stereocenters. The normalized spacial score (nSPS) is 25.1. The topological polar surface area (TPSA) is 86.7 Å². The Labute approximate surface area is 201 Å². The van der Waals surface area contributed by atoms with Gasteiger partial charge in [0, 0.05) is 5.92 Å². The maximum Gasteiger partial charge on any atom is 0.347 e. The van der Waals surface area contributed by atoms with Crippen molar-refractivity contribution in [3.63, 3.8) is 0 Å². The summed E-state index contributed by atoms with van der Waals surface area (Å²) in [7, 11) is 0. The van der Waals surface area contributed by atoms with E-state index in [4.69, 9.17) is 9.47 Å². The molecule has 6 nitrogen and oxygen atoms in total. The summed E-state index contributed by atoms with van der Waals surface area (Å²) in [6.45, 7) is 16.0. The molecule has 0 spiro atoms. The number of carbonyl (C=O) groups is 4. The molecule has 0 aromatic heterocycles. The molecule has 1 aliphatic carbocycles. The van der Waals surface area contributed by atoms with Gasteiger partial charge in [-0.3, -0.25) is 9.59 Å². The molecule has 6 heteroatoms. The SMILES string of the molecule is CC(C)=CC1C=C(C)C(C)C2C(=O)OC(=O)C12.Cc1cc(CC(C)C)c2c(c1C)C(=O)OC2=O. The van der Waals surface area contributed by atoms with Crippen LogP contribution in [0.4, 0.5) is 0 Å². The van der Waals surface area contributed by atoms with Gasteiger partial charge in [0.25, 0.3) is 0 Å². The van der Waals surface area contributed by atoms with E-state index >= 15 is 0 Å². The summed E-state index contributed by atoms with van der Waals surface area (Å²) in [6, 6.07) is 1.99. The number of ether oxygens (including phenoxy) is 2. The number of cyclic esters (lactones) is 4. The van der Waals surface area contributed by atoms with Gasteiger partial charge in [-0.2, -0.15) is 0 Å². The number of carbonyl (C=O) groups excluding carboxylic acids is 4. The summed E-state index contributed by atoms with van der Waals surface area (Å²) in [5.41, 5.74) is 6.07. The maximum absolute atomic E-state index is 11.8. The van der Waals surface area contributed by atoms with Crippen LogP contribution >= 0.6 is 0 Å². The zero-order valence-corrected chi connectivity index (χ0v) is 21.3. The molecule has 0 radical (unpaired) electrons. The third-order valence-electron chi connectivity index (χ3n) is 6.94. The average Bonchev–Trinajstić information content (AvgIpc) is 3.18. The molecule has 2 heterocycles. The molecule has 3 aliphatic rings. The second-order valence-electron chi connectivity index (χ2n) is 10.3. The third kappa shape index (κ3) is 4.77. The zero-order valence-electron chi connectivity index (χ0n) is 21.3. The standard InChI is InChI=1S/C14H18O3.C14H16O3/c2*1-7(2)5-10-6-8(3)9(4)11-12(10)14(16)17-13(11)15/h5-6,9-12H,1-4H3;6-7H,5H2,1-4H3. The van der Waals surface area contributed by atoms with Crippen molar-refractivity contribution in [1.29, 1.82) is 0 Å². The van der Waals surface area contributed by atoms with E-state index in [2.05, 4.69) is 19.9 Å². The molecule has 2 aliphatic heterocycles. The molecule has 1 saturated heterocycles. The number of allylic oxidation sites excluding steroid dienone is 4. The first-order valence-corrected chi connectivity index (χ1v) is 11.8. The summed E-state index contributed by atoms with van der Waals surface area (Å²) in [5, 5.41) is 0. The van der Waals surface area contributed by atoms with Gasteiger partial charge in [0.15, 0.2) is 0 Å². The number of hydrogen-bond acceptors (Lipinski definition) is 6. The molecule has 0 saturated carbocycles. The highest BCUT2D eigenvalue weighted by Crippen LogP contribution is 2.44. The van der Waals surface area contributed by atoms with Gasteiger partial charge in [0.2, 0.25) is 0 Å². The molecular weight excluding hydrogens is 432 g/mol. The molecular formula is C28H34O6. The lowest BCUT2D eigenvalue weighted by atomic mass is 9.69. The van der Waals surface area contributed by atoms with Crippen LogP contribution in [0, 0.1) is 43.4 Å². The van der Waals surface area contributed by atoms with Crippen molar-refractivity contribution in [2.45, 2.75) is 61.8 Å². The number of benzene rings is 1. The fourth-order valence-corrected chi connectivity index (χ4v) is 5.08. The van der Waals surface area contributed by atoms with Crippen molar-refractivity contribution >= 4 is 23.9 Å². The second kappa shape index (κ2) is 9.69. The van der Waals surface area contributed by atoms with E-state index in [9.17, 15) is 19.2 Å².